The van der Waals surface area contributed by atoms with E-state index >= 15 is 0 Å². The fourth-order valence-corrected chi connectivity index (χ4v) is 3.87. The van der Waals surface area contributed by atoms with E-state index in [1.165, 1.54) is 10.5 Å². The first-order valence-corrected chi connectivity index (χ1v) is 9.76. The number of nitrogens with one attached hydrogen (secondary N) is 1. The molecule has 27 heavy (non-hydrogen) atoms. The van der Waals surface area contributed by atoms with E-state index in [0.29, 0.717) is 5.69 Å². The summed E-state index contributed by atoms with van der Waals surface area (Å²) < 4.78 is 0.895. The molecule has 2 amide bonds. The van der Waals surface area contributed by atoms with Crippen LogP contribution in [-0.2, 0) is 16.0 Å². The third-order valence-corrected chi connectivity index (χ3v) is 5.43. The Morgan fingerprint density at radius 2 is 1.81 bits per heavy atom. The highest BCUT2D eigenvalue weighted by Gasteiger charge is 2.35. The second kappa shape index (κ2) is 7.25. The summed E-state index contributed by atoms with van der Waals surface area (Å²) in [5, 5.41) is 2.71. The molecular formula is C20H16BrN3O2S. The van der Waals surface area contributed by atoms with E-state index in [0.717, 1.165) is 29.5 Å². The lowest BCUT2D eigenvalue weighted by molar-refractivity contribution is -0.122. The number of carbonyl (C=O) groups excluding carboxylic acids is 2. The van der Waals surface area contributed by atoms with Gasteiger partial charge in [-0.2, -0.15) is 0 Å². The van der Waals surface area contributed by atoms with Crippen LogP contribution >= 0.6 is 28.1 Å². The van der Waals surface area contributed by atoms with Gasteiger partial charge in [-0.1, -0.05) is 34.1 Å². The molecule has 7 heteroatoms. The lowest BCUT2D eigenvalue weighted by Gasteiger charge is -2.32. The number of amides is 2. The van der Waals surface area contributed by atoms with E-state index in [-0.39, 0.29) is 10.7 Å². The van der Waals surface area contributed by atoms with Crippen LogP contribution in [0.2, 0.25) is 0 Å². The molecule has 4 rings (SSSR count). The minimum Gasteiger partial charge on any atom is -0.347 e. The van der Waals surface area contributed by atoms with Crippen LogP contribution < -0.4 is 15.1 Å². The Balaban J connectivity index is 1.71. The van der Waals surface area contributed by atoms with Crippen LogP contribution in [0.25, 0.3) is 0 Å². The Kier molecular flexibility index (Phi) is 4.80. The molecule has 0 aromatic heterocycles. The summed E-state index contributed by atoms with van der Waals surface area (Å²) in [6.45, 7) is 0.754. The van der Waals surface area contributed by atoms with Gasteiger partial charge in [-0.25, -0.2) is 0 Å². The topological polar surface area (TPSA) is 52.7 Å². The predicted molar refractivity (Wildman–Crippen MR) is 113 cm³/mol. The molecule has 1 fully saturated rings. The maximum atomic E-state index is 13.1. The van der Waals surface area contributed by atoms with E-state index in [2.05, 4.69) is 27.3 Å². The van der Waals surface area contributed by atoms with Crippen LogP contribution in [0.4, 0.5) is 11.4 Å². The summed E-state index contributed by atoms with van der Waals surface area (Å²) in [5.41, 5.74) is 2.92. The van der Waals surface area contributed by atoms with Gasteiger partial charge in [-0.05, 0) is 61.0 Å². The smallest absolute Gasteiger partial charge is 0.271 e. The molecule has 0 bridgehead atoms. The van der Waals surface area contributed by atoms with Crippen molar-refractivity contribution in [3.63, 3.8) is 0 Å². The van der Waals surface area contributed by atoms with Gasteiger partial charge in [0.1, 0.15) is 5.57 Å². The fraction of sp³-hybridized carbons (Fsp3) is 0.150. The summed E-state index contributed by atoms with van der Waals surface area (Å²) >= 11 is 8.62. The number of hydrogen-bond donors (Lipinski definition) is 1. The van der Waals surface area contributed by atoms with E-state index in [1.807, 2.05) is 35.2 Å². The molecular weight excluding hydrogens is 426 g/mol. The third kappa shape index (κ3) is 3.40. The fourth-order valence-electron chi connectivity index (χ4n) is 3.32. The number of anilines is 2. The number of hydrogen-bond acceptors (Lipinski definition) is 4. The predicted octanol–water partition coefficient (Wildman–Crippen LogP) is 3.53. The zero-order valence-corrected chi connectivity index (χ0v) is 16.7. The van der Waals surface area contributed by atoms with E-state index in [4.69, 9.17) is 12.2 Å². The molecule has 1 saturated heterocycles. The number of thiocarbonyl (C=S) groups is 1. The average Bonchev–Trinajstić information content (AvgIpc) is 2.66. The Bertz CT molecular complexity index is 971. The molecule has 0 radical (unpaired) electrons. The van der Waals surface area contributed by atoms with Crippen LogP contribution in [0.3, 0.4) is 0 Å². The van der Waals surface area contributed by atoms with Crippen molar-refractivity contribution < 1.29 is 9.59 Å². The highest BCUT2D eigenvalue weighted by Crippen LogP contribution is 2.29. The van der Waals surface area contributed by atoms with Gasteiger partial charge in [0.2, 0.25) is 0 Å². The Morgan fingerprint density at radius 3 is 2.59 bits per heavy atom. The molecule has 0 atom stereocenters. The molecule has 0 unspecified atom stereocenters. The molecule has 0 aliphatic carbocycles. The van der Waals surface area contributed by atoms with Gasteiger partial charge >= 0.3 is 0 Å². The molecule has 0 saturated carbocycles. The summed E-state index contributed by atoms with van der Waals surface area (Å²) in [6.07, 6.45) is 3.60. The zero-order valence-electron chi connectivity index (χ0n) is 14.3. The first-order chi connectivity index (χ1) is 13.0. The van der Waals surface area contributed by atoms with E-state index in [9.17, 15) is 9.59 Å². The molecule has 2 aromatic carbocycles. The van der Waals surface area contributed by atoms with Crippen molar-refractivity contribution in [1.82, 2.24) is 5.32 Å². The third-order valence-electron chi connectivity index (χ3n) is 4.62. The number of nitrogens with zero attached hydrogens (tertiary/aromatic N) is 2. The summed E-state index contributed by atoms with van der Waals surface area (Å²) in [4.78, 5) is 28.9. The van der Waals surface area contributed by atoms with Gasteiger partial charge in [0.05, 0.1) is 5.69 Å². The molecule has 2 aromatic rings. The minimum absolute atomic E-state index is 0.0724. The van der Waals surface area contributed by atoms with Crippen molar-refractivity contribution >= 4 is 56.4 Å². The number of fused-ring (bicyclic) bond motifs is 1. The first-order valence-electron chi connectivity index (χ1n) is 8.56. The maximum Gasteiger partial charge on any atom is 0.271 e. The Morgan fingerprint density at radius 1 is 1.07 bits per heavy atom. The van der Waals surface area contributed by atoms with Gasteiger partial charge in [0.25, 0.3) is 11.8 Å². The van der Waals surface area contributed by atoms with Gasteiger partial charge in [0, 0.05) is 22.9 Å². The quantitative estimate of drug-likeness (QED) is 0.439. The summed E-state index contributed by atoms with van der Waals surface area (Å²) in [5.74, 6) is -0.893. The van der Waals surface area contributed by atoms with Crippen LogP contribution in [0.5, 0.6) is 0 Å². The van der Waals surface area contributed by atoms with Gasteiger partial charge < -0.3 is 4.90 Å². The second-order valence-corrected chi connectivity index (χ2v) is 7.65. The van der Waals surface area contributed by atoms with Crippen molar-refractivity contribution in [2.75, 3.05) is 16.3 Å². The largest absolute Gasteiger partial charge is 0.347 e. The van der Waals surface area contributed by atoms with Gasteiger partial charge in [-0.3, -0.25) is 19.8 Å². The number of rotatable bonds is 2. The van der Waals surface area contributed by atoms with Gasteiger partial charge in [-0.15, -0.1) is 0 Å². The van der Waals surface area contributed by atoms with Crippen LogP contribution in [-0.4, -0.2) is 23.5 Å². The zero-order chi connectivity index (χ0) is 19.0. The lowest BCUT2D eigenvalue weighted by Crippen LogP contribution is -2.54. The monoisotopic (exact) mass is 441 g/mol. The highest BCUT2D eigenvalue weighted by atomic mass is 79.9. The number of halogens is 1. The van der Waals surface area contributed by atoms with Crippen molar-refractivity contribution in [3.05, 3.63) is 70.3 Å². The number of benzene rings is 2. The SMILES string of the molecule is O=C1NC(=S)N(c2ccc(Br)cc2)C(=O)/C1=C/N1CCCc2ccccc21. The molecule has 2 aliphatic rings. The first kappa shape index (κ1) is 17.9. The highest BCUT2D eigenvalue weighted by molar-refractivity contribution is 9.10. The molecule has 5 nitrogen and oxygen atoms in total. The van der Waals surface area contributed by atoms with Crippen molar-refractivity contribution in [2.45, 2.75) is 12.8 Å². The standard InChI is InChI=1S/C20H16BrN3O2S/c21-14-7-9-15(10-8-14)24-19(26)16(18(25)22-20(24)27)12-23-11-3-5-13-4-1-2-6-17(13)23/h1-2,4,6-10,12H,3,5,11H2,(H,22,25,27)/b16-12+. The normalized spacial score (nSPS) is 18.6. The maximum absolute atomic E-state index is 13.1. The average molecular weight is 442 g/mol. The lowest BCUT2D eigenvalue weighted by atomic mass is 10.0. The molecule has 1 N–H and O–H groups in total. The van der Waals surface area contributed by atoms with Crippen LogP contribution in [0.15, 0.2) is 64.8 Å². The molecule has 2 heterocycles. The van der Waals surface area contributed by atoms with Crippen molar-refractivity contribution in [3.8, 4) is 0 Å². The Hall–Kier alpha value is -2.51. The summed E-state index contributed by atoms with van der Waals surface area (Å²) in [6, 6.07) is 15.3. The van der Waals surface area contributed by atoms with E-state index < -0.39 is 11.8 Å². The number of carbonyl (C=O) groups is 2. The van der Waals surface area contributed by atoms with Crippen LogP contribution in [0, 0.1) is 0 Å². The minimum atomic E-state index is -0.471. The molecule has 0 spiro atoms. The number of aryl methyl sites for hydroxylation is 1. The Labute approximate surface area is 170 Å². The van der Waals surface area contributed by atoms with Gasteiger partial charge in [0.15, 0.2) is 5.11 Å². The summed E-state index contributed by atoms with van der Waals surface area (Å²) in [7, 11) is 0. The second-order valence-electron chi connectivity index (χ2n) is 6.34. The van der Waals surface area contributed by atoms with Crippen LogP contribution in [0.1, 0.15) is 12.0 Å². The van der Waals surface area contributed by atoms with E-state index in [1.54, 1.807) is 18.3 Å². The van der Waals surface area contributed by atoms with Crippen molar-refractivity contribution in [2.24, 2.45) is 0 Å². The molecule has 136 valence electrons. The number of para-hydroxylation sites is 1. The molecule has 2 aliphatic heterocycles. The van der Waals surface area contributed by atoms with Crippen molar-refractivity contribution in [1.29, 1.82) is 0 Å².